The van der Waals surface area contributed by atoms with E-state index in [2.05, 4.69) is 62.0 Å². The second-order valence-corrected chi connectivity index (χ2v) is 14.1. The van der Waals surface area contributed by atoms with E-state index in [0.29, 0.717) is 22.4 Å². The number of hydrogen-bond donors (Lipinski definition) is 5. The van der Waals surface area contributed by atoms with Gasteiger partial charge >= 0.3 is 49.1 Å². The van der Waals surface area contributed by atoms with Crippen LogP contribution in [0.4, 0.5) is 32.2 Å². The van der Waals surface area contributed by atoms with Crippen LogP contribution >= 0.6 is 11.6 Å². The molecular formula is C44H55ClF6LiN13O10. The van der Waals surface area contributed by atoms with E-state index in [-0.39, 0.29) is 84.0 Å². The number of nitrogens with one attached hydrogen (secondary N) is 1. The zero-order chi connectivity index (χ0) is 54.8. The minimum Gasteiger partial charge on any atom is -0.870 e. The van der Waals surface area contributed by atoms with Gasteiger partial charge in [0.15, 0.2) is 28.7 Å². The van der Waals surface area contributed by atoms with Gasteiger partial charge in [0.05, 0.1) is 31.0 Å². The summed E-state index contributed by atoms with van der Waals surface area (Å²) < 4.78 is 87.1. The maximum Gasteiger partial charge on any atom is 1.00 e. The smallest absolute Gasteiger partial charge is 0.870 e. The predicted octanol–water partition coefficient (Wildman–Crippen LogP) is 3.14. The van der Waals surface area contributed by atoms with Crippen molar-refractivity contribution in [2.45, 2.75) is 67.2 Å². The van der Waals surface area contributed by atoms with Crippen LogP contribution in [0, 0.1) is 27.7 Å². The van der Waals surface area contributed by atoms with E-state index >= 15 is 0 Å². The fourth-order valence-electron chi connectivity index (χ4n) is 5.08. The van der Waals surface area contributed by atoms with Gasteiger partial charge < -0.3 is 35.8 Å². The third-order valence-electron chi connectivity index (χ3n) is 7.87. The van der Waals surface area contributed by atoms with Gasteiger partial charge in [-0.05, 0) is 109 Å². The van der Waals surface area contributed by atoms with Gasteiger partial charge in [-0.25, -0.2) is 49.5 Å². The molecular weight excluding hydrogens is 1030 g/mol. The number of hydrogen-bond acceptors (Lipinski definition) is 19. The number of carbonyl (C=O) groups is 4. The molecule has 6 heterocycles. The Morgan fingerprint density at radius 3 is 1.51 bits per heavy atom. The van der Waals surface area contributed by atoms with E-state index < -0.39 is 41.6 Å². The molecule has 6 rings (SSSR count). The number of carboxylic acids is 1. The molecule has 0 bridgehead atoms. The average Bonchev–Trinajstić information content (AvgIpc) is 3.92. The molecule has 0 aliphatic heterocycles. The second kappa shape index (κ2) is 35.7. The summed E-state index contributed by atoms with van der Waals surface area (Å²) in [4.78, 5) is 63.8. The van der Waals surface area contributed by atoms with Crippen LogP contribution in [0.3, 0.4) is 0 Å². The molecule has 0 unspecified atom stereocenters. The normalized spacial score (nSPS) is 10.2. The molecule has 0 saturated carbocycles. The number of aromatic carboxylic acids is 1. The molecule has 0 atom stereocenters. The van der Waals surface area contributed by atoms with Gasteiger partial charge in [-0.15, -0.1) is 0 Å². The van der Waals surface area contributed by atoms with E-state index in [0.717, 1.165) is 39.0 Å². The summed E-state index contributed by atoms with van der Waals surface area (Å²) in [5.41, 5.74) is 2.84. The van der Waals surface area contributed by atoms with Crippen molar-refractivity contribution in [3.8, 4) is 11.6 Å². The molecule has 0 radical (unpaired) electrons. The molecule has 75 heavy (non-hydrogen) atoms. The van der Waals surface area contributed by atoms with Gasteiger partial charge in [0.1, 0.15) is 35.3 Å². The zero-order valence-corrected chi connectivity index (χ0v) is 42.6. The van der Waals surface area contributed by atoms with Gasteiger partial charge in [0, 0.05) is 11.4 Å². The number of hydrazine groups is 2. The number of nitrogens with two attached hydrogens (primary N) is 3. The van der Waals surface area contributed by atoms with Crippen LogP contribution in [-0.4, -0.2) is 105 Å². The Bertz CT molecular complexity index is 2710. The fraction of sp³-hybridized carbons (Fsp3) is 0.295. The van der Waals surface area contributed by atoms with Crippen LogP contribution in [0.25, 0.3) is 11.6 Å². The summed E-state index contributed by atoms with van der Waals surface area (Å²) in [5, 5.41) is 20.7. The van der Waals surface area contributed by atoms with Crippen LogP contribution in [0.5, 0.6) is 0 Å². The van der Waals surface area contributed by atoms with Crippen molar-refractivity contribution in [3.63, 3.8) is 0 Å². The number of pyridine rings is 4. The standard InChI is InChI=1S/C13H12F3N3O2.C11H8F3N3O2.C8H13NO4.C6H6ClN.C6H9N3.Li.H4N2.2H2O/c1-3-21-12(20)9-7-8(2)18-19(9)11-6-4-5-10(17-11)13(14,15)16;1-6-5-7(10(18)19)17(16-6)9-4-2-3-8(15-9)11(12,13)14;1-4-13-8(11)7(9-12-3)5-6(2)10;1-5-3-2-4-6(7)8-5;1-5-3-2-4-6(8-5)9-7;;1-2;;/h4-7H,3H2,1-2H3;2-5H,1H3,(H,18,19);4-5H2,1-3H3;2-4H,1H3;2-4H,7H2,1H3,(H,8,9);;1-2H2;2*1H2/q;;;;;+1;;;/p-1. The molecule has 0 fully saturated rings. The number of nitrogens with zero attached hydrogens (tertiary/aromatic N) is 9. The predicted molar refractivity (Wildman–Crippen MR) is 256 cm³/mol. The van der Waals surface area contributed by atoms with Crippen molar-refractivity contribution < 1.29 is 94.8 Å². The zero-order valence-electron chi connectivity index (χ0n) is 41.9. The number of rotatable bonds is 11. The number of ether oxygens (including phenoxy) is 2. The van der Waals surface area contributed by atoms with Gasteiger partial charge in [-0.2, -0.15) is 36.5 Å². The maximum atomic E-state index is 12.7. The van der Waals surface area contributed by atoms with Crippen LogP contribution in [0.15, 0.2) is 90.1 Å². The Balaban J connectivity index is -0.000000884. The van der Waals surface area contributed by atoms with Crippen molar-refractivity contribution in [2.75, 3.05) is 25.7 Å². The minimum atomic E-state index is -4.60. The third kappa shape index (κ3) is 25.9. The monoisotopic (exact) mass is 1080 g/mol. The molecule has 31 heteroatoms. The van der Waals surface area contributed by atoms with E-state index in [9.17, 15) is 45.5 Å². The van der Waals surface area contributed by atoms with Crippen molar-refractivity contribution in [2.24, 2.45) is 22.7 Å². The topological polar surface area (TPSA) is 367 Å². The van der Waals surface area contributed by atoms with E-state index in [4.69, 9.17) is 27.3 Å². The SMILES string of the molecule is CCOC(=O)C(CC(C)=O)=NOC.CCOC(=O)c1cc(C)nn1-c1cccc(C(F)(F)F)n1.Cc1cc(C(=O)O)n(-c2cccc(C(F)(F)F)n2)n1.Cc1cccc(Cl)n1.Cc1cccc(NN)n1.NN.O.[Li+].[OH-]. The van der Waals surface area contributed by atoms with Crippen molar-refractivity contribution >= 4 is 46.8 Å². The fourth-order valence-corrected chi connectivity index (χ4v) is 5.29. The Hall–Kier alpha value is -7.36. The van der Waals surface area contributed by atoms with Gasteiger partial charge in [-0.3, -0.25) is 16.5 Å². The molecule has 6 aromatic rings. The number of halogens is 7. The first-order chi connectivity index (χ1) is 33.8. The first-order valence-electron chi connectivity index (χ1n) is 20.6. The largest absolute Gasteiger partial charge is 1.00 e. The Morgan fingerprint density at radius 2 is 1.15 bits per heavy atom. The van der Waals surface area contributed by atoms with Crippen LogP contribution in [0.2, 0.25) is 5.15 Å². The summed E-state index contributed by atoms with van der Waals surface area (Å²) in [6.45, 7) is 12.1. The molecule has 0 saturated heterocycles. The van der Waals surface area contributed by atoms with Crippen LogP contribution in [-0.2, 0) is 36.3 Å². The van der Waals surface area contributed by atoms with Crippen molar-refractivity contribution in [1.82, 2.24) is 39.5 Å². The van der Waals surface area contributed by atoms with Crippen LogP contribution < -0.4 is 41.8 Å². The van der Waals surface area contributed by atoms with Crippen molar-refractivity contribution in [1.29, 1.82) is 0 Å². The van der Waals surface area contributed by atoms with Gasteiger partial charge in [0.25, 0.3) is 0 Å². The number of aryl methyl sites for hydroxylation is 4. The minimum absolute atomic E-state index is 0. The number of carboxylic acid groups (broad SMARTS) is 1. The van der Waals surface area contributed by atoms with E-state index in [1.807, 2.05) is 44.2 Å². The first-order valence-corrected chi connectivity index (χ1v) is 20.9. The Morgan fingerprint density at radius 1 is 0.707 bits per heavy atom. The van der Waals surface area contributed by atoms with Gasteiger partial charge in [0.2, 0.25) is 0 Å². The number of carbonyl (C=O) groups excluding carboxylic acids is 3. The molecule has 23 nitrogen and oxygen atoms in total. The number of oxime groups is 1. The quantitative estimate of drug-likeness (QED) is 0.0237. The molecule has 11 N–H and O–H groups in total. The van der Waals surface area contributed by atoms with E-state index in [1.165, 1.54) is 51.3 Å². The summed E-state index contributed by atoms with van der Waals surface area (Å²) in [5.74, 6) is 10.8. The molecule has 406 valence electrons. The molecule has 0 aliphatic rings. The van der Waals surface area contributed by atoms with E-state index in [1.54, 1.807) is 26.8 Å². The Labute approximate surface area is 442 Å². The molecule has 0 aromatic carbocycles. The molecule has 0 amide bonds. The van der Waals surface area contributed by atoms with Crippen molar-refractivity contribution in [3.05, 3.63) is 136 Å². The third-order valence-corrected chi connectivity index (χ3v) is 8.08. The van der Waals surface area contributed by atoms with Crippen LogP contribution in [0.1, 0.15) is 82.3 Å². The summed E-state index contributed by atoms with van der Waals surface area (Å²) >= 11 is 5.53. The average molecular weight is 1080 g/mol. The number of esters is 2. The summed E-state index contributed by atoms with van der Waals surface area (Å²) in [6, 6.07) is 20.5. The number of aromatic nitrogens is 8. The first kappa shape index (κ1) is 71.9. The summed E-state index contributed by atoms with van der Waals surface area (Å²) in [6.07, 6.45) is -9.23. The second-order valence-electron chi connectivity index (χ2n) is 13.7. The number of ketones is 1. The maximum absolute atomic E-state index is 12.7. The molecule has 0 spiro atoms. The number of Topliss-reactive ketones (excluding diaryl/α,β-unsaturated/α-hetero) is 1. The van der Waals surface area contributed by atoms with Gasteiger partial charge in [-0.1, -0.05) is 41.0 Å². The Kier molecular flexibility index (Phi) is 34.2. The number of nitrogen functional groups attached to an aromatic ring is 1. The molecule has 6 aromatic heterocycles. The number of alkyl halides is 6. The molecule has 0 aliphatic carbocycles. The summed E-state index contributed by atoms with van der Waals surface area (Å²) in [7, 11) is 1.30. The number of anilines is 1.